The molecule has 6 nitrogen and oxygen atoms in total. The van der Waals surface area contributed by atoms with Crippen LogP contribution in [-0.4, -0.2) is 26.9 Å². The summed E-state index contributed by atoms with van der Waals surface area (Å²) >= 11 is 0. The molecule has 0 aliphatic carbocycles. The van der Waals surface area contributed by atoms with Gasteiger partial charge in [0.2, 0.25) is 0 Å². The lowest BCUT2D eigenvalue weighted by Crippen LogP contribution is -2.13. The van der Waals surface area contributed by atoms with E-state index in [1.807, 2.05) is 0 Å². The van der Waals surface area contributed by atoms with Crippen molar-refractivity contribution in [2.45, 2.75) is 26.3 Å². The van der Waals surface area contributed by atoms with Gasteiger partial charge in [0.15, 0.2) is 18.2 Å². The third-order valence-corrected chi connectivity index (χ3v) is 2.14. The average Bonchev–Trinajstić information content (AvgIpc) is 2.58. The number of aryl methyl sites for hydroxylation is 1. The zero-order valence-corrected chi connectivity index (χ0v) is 8.85. The number of alkyl halides is 1. The molecule has 1 heterocycles. The predicted octanol–water partition coefficient (Wildman–Crippen LogP) is 1.42. The normalized spacial score (nSPS) is 10.4. The second-order valence-electron chi connectivity index (χ2n) is 3.34. The van der Waals surface area contributed by atoms with E-state index < -0.39 is 11.6 Å². The maximum Gasteiger partial charge on any atom is 0.343 e. The van der Waals surface area contributed by atoms with Gasteiger partial charge >= 0.3 is 5.82 Å². The molecule has 1 aromatic heterocycles. The van der Waals surface area contributed by atoms with Gasteiger partial charge in [-0.2, -0.15) is 0 Å². The van der Waals surface area contributed by atoms with Crippen molar-refractivity contribution in [3.05, 3.63) is 22.1 Å². The van der Waals surface area contributed by atoms with Crippen LogP contribution in [0.2, 0.25) is 0 Å². The maximum atomic E-state index is 11.8. The highest BCUT2D eigenvalue weighted by atomic mass is 18.2. The van der Waals surface area contributed by atoms with Gasteiger partial charge < -0.3 is 10.1 Å². The lowest BCUT2D eigenvalue weighted by molar-refractivity contribution is -0.392. The number of aromatic nitrogens is 2. The van der Waals surface area contributed by atoms with Gasteiger partial charge in [0, 0.05) is 13.3 Å². The van der Waals surface area contributed by atoms with E-state index in [-0.39, 0.29) is 31.0 Å². The second-order valence-corrected chi connectivity index (χ2v) is 3.34. The van der Waals surface area contributed by atoms with Crippen LogP contribution in [0.5, 0.6) is 0 Å². The molecule has 0 bridgehead atoms. The van der Waals surface area contributed by atoms with Gasteiger partial charge in [0.1, 0.15) is 6.20 Å². The molecular weight excluding hydrogens is 216 g/mol. The van der Waals surface area contributed by atoms with Crippen LogP contribution in [0.3, 0.4) is 0 Å². The lowest BCUT2D eigenvalue weighted by Gasteiger charge is -2.01. The Labute approximate surface area is 91.2 Å². The molecule has 0 atom stereocenters. The summed E-state index contributed by atoms with van der Waals surface area (Å²) < 4.78 is 13.1. The molecule has 0 saturated carbocycles. The van der Waals surface area contributed by atoms with E-state index in [4.69, 9.17) is 0 Å². The molecule has 0 aliphatic heterocycles. The first-order valence-electron chi connectivity index (χ1n) is 4.80. The fourth-order valence-electron chi connectivity index (χ4n) is 1.32. The summed E-state index contributed by atoms with van der Waals surface area (Å²) in [5, 5.41) is 10.6. The van der Waals surface area contributed by atoms with E-state index in [0.717, 1.165) is 6.20 Å². The van der Waals surface area contributed by atoms with E-state index in [1.165, 1.54) is 4.57 Å². The van der Waals surface area contributed by atoms with Gasteiger partial charge in [-0.1, -0.05) is 0 Å². The van der Waals surface area contributed by atoms with Gasteiger partial charge in [-0.3, -0.25) is 9.18 Å². The summed E-state index contributed by atoms with van der Waals surface area (Å²) in [6.45, 7) is 0.897. The van der Waals surface area contributed by atoms with Crippen LogP contribution >= 0.6 is 0 Å². The van der Waals surface area contributed by atoms with Gasteiger partial charge in [-0.05, 0) is 11.3 Å². The summed E-state index contributed by atoms with van der Waals surface area (Å²) in [4.78, 5) is 25.1. The zero-order valence-electron chi connectivity index (χ0n) is 8.85. The SMILES string of the molecule is Cc1ncc([N+](=O)[O-])n1CC(=O)CCC[18F]. The Kier molecular flexibility index (Phi) is 4.10. The Balaban J connectivity index is 2.76. The smallest absolute Gasteiger partial charge is 0.343 e. The highest BCUT2D eigenvalue weighted by molar-refractivity contribution is 5.78. The topological polar surface area (TPSA) is 78.0 Å². The fourth-order valence-corrected chi connectivity index (χ4v) is 1.32. The van der Waals surface area contributed by atoms with Crippen molar-refractivity contribution in [2.24, 2.45) is 0 Å². The van der Waals surface area contributed by atoms with Crippen molar-refractivity contribution in [2.75, 3.05) is 6.67 Å². The number of imidazole rings is 1. The summed E-state index contributed by atoms with van der Waals surface area (Å²) in [5.41, 5.74) is 0. The molecule has 7 heteroatoms. The van der Waals surface area contributed by atoms with Crippen molar-refractivity contribution in [1.82, 2.24) is 9.55 Å². The molecule has 0 fully saturated rings. The molecular formula is C9H12FN3O3. The van der Waals surface area contributed by atoms with Crippen LogP contribution < -0.4 is 0 Å². The number of rotatable bonds is 6. The second kappa shape index (κ2) is 5.34. The number of halogens is 1. The Morgan fingerprint density at radius 2 is 2.38 bits per heavy atom. The molecule has 0 spiro atoms. The van der Waals surface area contributed by atoms with Crippen molar-refractivity contribution < 1.29 is 14.1 Å². The van der Waals surface area contributed by atoms with Crippen LogP contribution in [-0.2, 0) is 11.3 Å². The van der Waals surface area contributed by atoms with E-state index >= 15 is 0 Å². The standard InChI is InChI=1S/C9H12FN3O3/c1-7-11-5-9(13(15)16)12(7)6-8(14)3-2-4-10/h5H,2-4,6H2,1H3/i10-1. The molecule has 1 rings (SSSR count). The quantitative estimate of drug-likeness (QED) is 0.544. The van der Waals surface area contributed by atoms with E-state index in [1.54, 1.807) is 6.92 Å². The molecule has 0 amide bonds. The number of Topliss-reactive ketones (excluding diaryl/α,β-unsaturated/α-hetero) is 1. The van der Waals surface area contributed by atoms with Gasteiger partial charge in [0.05, 0.1) is 6.67 Å². The van der Waals surface area contributed by atoms with Gasteiger partial charge in [-0.15, -0.1) is 0 Å². The monoisotopic (exact) mass is 228 g/mol. The summed E-state index contributed by atoms with van der Waals surface area (Å²) in [6, 6.07) is 0. The number of ketones is 1. The van der Waals surface area contributed by atoms with Crippen molar-refractivity contribution in [3.8, 4) is 0 Å². The summed E-state index contributed by atoms with van der Waals surface area (Å²) in [6.07, 6.45) is 1.35. The van der Waals surface area contributed by atoms with Crippen molar-refractivity contribution in [1.29, 1.82) is 0 Å². The maximum absolute atomic E-state index is 11.8. The molecule has 0 unspecified atom stereocenters. The zero-order chi connectivity index (χ0) is 12.1. The van der Waals surface area contributed by atoms with Crippen LogP contribution in [0.25, 0.3) is 0 Å². The third kappa shape index (κ3) is 2.85. The highest BCUT2D eigenvalue weighted by Gasteiger charge is 2.19. The fraction of sp³-hybridized carbons (Fsp3) is 0.556. The Morgan fingerprint density at radius 1 is 1.69 bits per heavy atom. The van der Waals surface area contributed by atoms with E-state index in [0.29, 0.717) is 5.82 Å². The van der Waals surface area contributed by atoms with Crippen LogP contribution in [0.15, 0.2) is 6.20 Å². The predicted molar refractivity (Wildman–Crippen MR) is 53.8 cm³/mol. The van der Waals surface area contributed by atoms with Crippen LogP contribution in [0, 0.1) is 17.0 Å². The number of hydrogen-bond acceptors (Lipinski definition) is 4. The van der Waals surface area contributed by atoms with Crippen molar-refractivity contribution in [3.63, 3.8) is 0 Å². The number of nitrogens with zero attached hydrogens (tertiary/aromatic N) is 3. The van der Waals surface area contributed by atoms with Crippen LogP contribution in [0.1, 0.15) is 18.7 Å². The average molecular weight is 228 g/mol. The Morgan fingerprint density at radius 3 is 2.94 bits per heavy atom. The van der Waals surface area contributed by atoms with Crippen LogP contribution in [0.4, 0.5) is 10.2 Å². The van der Waals surface area contributed by atoms with Gasteiger partial charge in [0.25, 0.3) is 0 Å². The molecule has 0 aromatic carbocycles. The first-order chi connectivity index (χ1) is 7.56. The lowest BCUT2D eigenvalue weighted by atomic mass is 10.2. The molecule has 1 aromatic rings. The number of carbonyl (C=O) groups excluding carboxylic acids is 1. The molecule has 88 valence electrons. The Hall–Kier alpha value is -1.79. The number of nitro groups is 1. The number of hydrogen-bond donors (Lipinski definition) is 0. The summed E-state index contributed by atoms with van der Waals surface area (Å²) in [7, 11) is 0. The minimum atomic E-state index is -0.595. The minimum absolute atomic E-state index is 0.0886. The van der Waals surface area contributed by atoms with E-state index in [9.17, 15) is 19.3 Å². The number of carbonyl (C=O) groups is 1. The minimum Gasteiger partial charge on any atom is -0.358 e. The summed E-state index contributed by atoms with van der Waals surface area (Å²) in [5.74, 6) is -0.0479. The first-order valence-corrected chi connectivity index (χ1v) is 4.80. The molecule has 0 N–H and O–H groups in total. The Bertz CT molecular complexity index is 403. The van der Waals surface area contributed by atoms with E-state index in [2.05, 4.69) is 4.98 Å². The first kappa shape index (κ1) is 12.3. The van der Waals surface area contributed by atoms with Crippen molar-refractivity contribution >= 4 is 11.6 Å². The third-order valence-electron chi connectivity index (χ3n) is 2.14. The molecule has 16 heavy (non-hydrogen) atoms. The van der Waals surface area contributed by atoms with Gasteiger partial charge in [-0.25, -0.2) is 9.55 Å². The highest BCUT2D eigenvalue weighted by Crippen LogP contribution is 2.13. The largest absolute Gasteiger partial charge is 0.358 e. The molecule has 0 radical (unpaired) electrons. The molecule has 0 saturated heterocycles. The molecule has 0 aliphatic rings.